The summed E-state index contributed by atoms with van der Waals surface area (Å²) < 4.78 is 11.1. The highest BCUT2D eigenvalue weighted by Crippen LogP contribution is 2.30. The number of amides is 1. The zero-order valence-corrected chi connectivity index (χ0v) is 14.3. The average molecular weight is 341 g/mol. The van der Waals surface area contributed by atoms with Crippen LogP contribution in [0.5, 0.6) is 11.5 Å². The Hall–Kier alpha value is -1.46. The van der Waals surface area contributed by atoms with E-state index >= 15 is 0 Å². The standard InChI is InChI=1S/C17H24N2O3.ClH/c1-2-17(7-3-8-19-17)16(20)18-9-6-13-4-5-14-15(12-13)22-11-10-21-14;/h4-5,12,19H,2-3,6-11H2,1H3,(H,18,20);1H. The van der Waals surface area contributed by atoms with Crippen molar-refractivity contribution in [3.05, 3.63) is 23.8 Å². The van der Waals surface area contributed by atoms with E-state index in [0.29, 0.717) is 19.8 Å². The van der Waals surface area contributed by atoms with E-state index in [-0.39, 0.29) is 23.9 Å². The van der Waals surface area contributed by atoms with Gasteiger partial charge in [-0.15, -0.1) is 12.4 Å². The largest absolute Gasteiger partial charge is 0.486 e. The number of rotatable bonds is 5. The van der Waals surface area contributed by atoms with Crippen molar-refractivity contribution in [2.24, 2.45) is 0 Å². The lowest BCUT2D eigenvalue weighted by Gasteiger charge is -2.26. The number of halogens is 1. The zero-order chi connectivity index (χ0) is 15.4. The van der Waals surface area contributed by atoms with E-state index in [9.17, 15) is 4.79 Å². The molecule has 23 heavy (non-hydrogen) atoms. The molecule has 1 aromatic rings. The summed E-state index contributed by atoms with van der Waals surface area (Å²) >= 11 is 0. The van der Waals surface area contributed by atoms with Gasteiger partial charge in [0.15, 0.2) is 11.5 Å². The third-order valence-corrected chi connectivity index (χ3v) is 4.59. The Balaban J connectivity index is 0.00000192. The Morgan fingerprint density at radius 3 is 2.78 bits per heavy atom. The molecular formula is C17H25ClN2O3. The zero-order valence-electron chi connectivity index (χ0n) is 13.5. The van der Waals surface area contributed by atoms with E-state index in [0.717, 1.165) is 49.3 Å². The van der Waals surface area contributed by atoms with Crippen molar-refractivity contribution in [2.45, 2.75) is 38.1 Å². The lowest BCUT2D eigenvalue weighted by molar-refractivity contribution is -0.127. The van der Waals surface area contributed by atoms with Gasteiger partial charge >= 0.3 is 0 Å². The van der Waals surface area contributed by atoms with Gasteiger partial charge in [-0.25, -0.2) is 0 Å². The highest BCUT2D eigenvalue weighted by atomic mass is 35.5. The highest BCUT2D eigenvalue weighted by molar-refractivity contribution is 5.86. The van der Waals surface area contributed by atoms with Crippen LogP contribution in [0, 0.1) is 0 Å². The summed E-state index contributed by atoms with van der Waals surface area (Å²) in [5.41, 5.74) is 0.793. The van der Waals surface area contributed by atoms with Gasteiger partial charge in [-0.05, 0) is 49.9 Å². The molecule has 1 atom stereocenters. The van der Waals surface area contributed by atoms with Gasteiger partial charge in [0.2, 0.25) is 5.91 Å². The summed E-state index contributed by atoms with van der Waals surface area (Å²) in [7, 11) is 0. The molecule has 0 aromatic heterocycles. The molecule has 2 aliphatic heterocycles. The molecule has 3 rings (SSSR count). The number of hydrogen-bond donors (Lipinski definition) is 2. The maximum Gasteiger partial charge on any atom is 0.240 e. The molecular weight excluding hydrogens is 316 g/mol. The first-order valence-corrected chi connectivity index (χ1v) is 8.15. The van der Waals surface area contributed by atoms with Crippen LogP contribution in [-0.2, 0) is 11.2 Å². The van der Waals surface area contributed by atoms with Crippen LogP contribution in [0.15, 0.2) is 18.2 Å². The maximum absolute atomic E-state index is 12.4. The first-order valence-electron chi connectivity index (χ1n) is 8.15. The van der Waals surface area contributed by atoms with E-state index < -0.39 is 0 Å². The predicted octanol–water partition coefficient (Wildman–Crippen LogP) is 2.07. The van der Waals surface area contributed by atoms with E-state index in [1.54, 1.807) is 0 Å². The van der Waals surface area contributed by atoms with Gasteiger partial charge < -0.3 is 20.1 Å². The van der Waals surface area contributed by atoms with Crippen molar-refractivity contribution in [2.75, 3.05) is 26.3 Å². The topological polar surface area (TPSA) is 59.6 Å². The SMILES string of the molecule is CCC1(C(=O)NCCc2ccc3c(c2)OCCO3)CCCN1.Cl. The molecule has 1 aromatic carbocycles. The fourth-order valence-corrected chi connectivity index (χ4v) is 3.20. The van der Waals surface area contributed by atoms with Gasteiger partial charge in [0.1, 0.15) is 13.2 Å². The molecule has 0 bridgehead atoms. The van der Waals surface area contributed by atoms with Crippen molar-refractivity contribution in [1.29, 1.82) is 0 Å². The van der Waals surface area contributed by atoms with E-state index in [4.69, 9.17) is 9.47 Å². The van der Waals surface area contributed by atoms with Crippen LogP contribution < -0.4 is 20.1 Å². The third-order valence-electron chi connectivity index (χ3n) is 4.59. The minimum absolute atomic E-state index is 0. The number of fused-ring (bicyclic) bond motifs is 1. The average Bonchev–Trinajstić information content (AvgIpc) is 3.05. The van der Waals surface area contributed by atoms with Gasteiger partial charge in [-0.3, -0.25) is 4.79 Å². The monoisotopic (exact) mass is 340 g/mol. The molecule has 2 N–H and O–H groups in total. The number of carbonyl (C=O) groups excluding carboxylic acids is 1. The molecule has 2 aliphatic rings. The molecule has 0 saturated carbocycles. The van der Waals surface area contributed by atoms with Crippen LogP contribution in [0.1, 0.15) is 31.7 Å². The van der Waals surface area contributed by atoms with Crippen molar-refractivity contribution >= 4 is 18.3 Å². The Morgan fingerprint density at radius 1 is 1.30 bits per heavy atom. The second-order valence-corrected chi connectivity index (χ2v) is 5.95. The van der Waals surface area contributed by atoms with Crippen LogP contribution in [-0.4, -0.2) is 37.7 Å². The summed E-state index contributed by atoms with van der Waals surface area (Å²) in [6, 6.07) is 5.98. The Kier molecular flexibility index (Phi) is 6.13. The quantitative estimate of drug-likeness (QED) is 0.861. The smallest absolute Gasteiger partial charge is 0.240 e. The highest BCUT2D eigenvalue weighted by Gasteiger charge is 2.38. The fourth-order valence-electron chi connectivity index (χ4n) is 3.20. The summed E-state index contributed by atoms with van der Waals surface area (Å²) in [5, 5.41) is 6.43. The molecule has 2 heterocycles. The van der Waals surface area contributed by atoms with Gasteiger partial charge in [0.25, 0.3) is 0 Å². The number of nitrogens with one attached hydrogen (secondary N) is 2. The molecule has 6 heteroatoms. The van der Waals surface area contributed by atoms with Crippen molar-refractivity contribution in [1.82, 2.24) is 10.6 Å². The summed E-state index contributed by atoms with van der Waals surface area (Å²) in [6.45, 7) is 4.84. The fraction of sp³-hybridized carbons (Fsp3) is 0.588. The second-order valence-electron chi connectivity index (χ2n) is 5.95. The molecule has 0 radical (unpaired) electrons. The lowest BCUT2D eigenvalue weighted by atomic mass is 9.93. The van der Waals surface area contributed by atoms with Gasteiger partial charge in [0.05, 0.1) is 5.54 Å². The third kappa shape index (κ3) is 3.90. The summed E-state index contributed by atoms with van der Waals surface area (Å²) in [6.07, 6.45) is 3.63. The molecule has 0 aliphatic carbocycles. The second kappa shape index (κ2) is 7.88. The first kappa shape index (κ1) is 17.9. The normalized spacial score (nSPS) is 22.3. The molecule has 1 amide bonds. The lowest BCUT2D eigenvalue weighted by Crippen LogP contribution is -2.53. The Morgan fingerprint density at radius 2 is 2.09 bits per heavy atom. The van der Waals surface area contributed by atoms with Gasteiger partial charge in [-0.2, -0.15) is 0 Å². The molecule has 0 spiro atoms. The molecule has 128 valence electrons. The minimum Gasteiger partial charge on any atom is -0.486 e. The summed E-state index contributed by atoms with van der Waals surface area (Å²) in [4.78, 5) is 12.4. The molecule has 1 unspecified atom stereocenters. The number of benzene rings is 1. The van der Waals surface area contributed by atoms with Crippen LogP contribution >= 0.6 is 12.4 Å². The minimum atomic E-state index is -0.354. The van der Waals surface area contributed by atoms with E-state index in [1.807, 2.05) is 18.2 Å². The number of hydrogen-bond acceptors (Lipinski definition) is 4. The molecule has 5 nitrogen and oxygen atoms in total. The summed E-state index contributed by atoms with van der Waals surface area (Å²) in [5.74, 6) is 1.74. The molecule has 1 saturated heterocycles. The maximum atomic E-state index is 12.4. The van der Waals surface area contributed by atoms with Crippen LogP contribution in [0.4, 0.5) is 0 Å². The van der Waals surface area contributed by atoms with Crippen LogP contribution in [0.2, 0.25) is 0 Å². The molecule has 1 fully saturated rings. The van der Waals surface area contributed by atoms with Crippen LogP contribution in [0.25, 0.3) is 0 Å². The Labute approximate surface area is 143 Å². The van der Waals surface area contributed by atoms with Crippen molar-refractivity contribution < 1.29 is 14.3 Å². The predicted molar refractivity (Wildman–Crippen MR) is 91.7 cm³/mol. The van der Waals surface area contributed by atoms with E-state index in [2.05, 4.69) is 17.6 Å². The Bertz CT molecular complexity index is 545. The van der Waals surface area contributed by atoms with Crippen molar-refractivity contribution in [3.8, 4) is 11.5 Å². The van der Waals surface area contributed by atoms with Gasteiger partial charge in [-0.1, -0.05) is 13.0 Å². The van der Waals surface area contributed by atoms with E-state index in [1.165, 1.54) is 0 Å². The van der Waals surface area contributed by atoms with Crippen molar-refractivity contribution in [3.63, 3.8) is 0 Å². The van der Waals surface area contributed by atoms with Gasteiger partial charge in [0, 0.05) is 6.54 Å². The van der Waals surface area contributed by atoms with Crippen LogP contribution in [0.3, 0.4) is 0 Å². The number of ether oxygens (including phenoxy) is 2. The number of carbonyl (C=O) groups is 1. The first-order chi connectivity index (χ1) is 10.7.